The van der Waals surface area contributed by atoms with Gasteiger partial charge in [0.1, 0.15) is 5.82 Å². The van der Waals surface area contributed by atoms with Gasteiger partial charge in [-0.1, -0.05) is 12.1 Å². The second-order valence-electron chi connectivity index (χ2n) is 3.26. The molecule has 82 valence electrons. The predicted molar refractivity (Wildman–Crippen MR) is 60.6 cm³/mol. The topological polar surface area (TPSA) is 48.1 Å². The van der Waals surface area contributed by atoms with Gasteiger partial charge in [0.25, 0.3) is 0 Å². The van der Waals surface area contributed by atoms with Gasteiger partial charge in [0.2, 0.25) is 0 Å². The molecule has 2 aromatic rings. The molecule has 1 aromatic heterocycles. The average Bonchev–Trinajstić information content (AvgIpc) is 2.31. The molecule has 16 heavy (non-hydrogen) atoms. The summed E-state index contributed by atoms with van der Waals surface area (Å²) in [6.07, 6.45) is 1.57. The monoisotopic (exact) mass is 218 g/mol. The molecule has 2 rings (SSSR count). The summed E-state index contributed by atoms with van der Waals surface area (Å²) >= 11 is 0. The van der Waals surface area contributed by atoms with Gasteiger partial charge in [-0.15, -0.1) is 0 Å². The lowest BCUT2D eigenvalue weighted by atomic mass is 10.1. The third kappa shape index (κ3) is 1.69. The molecule has 0 aliphatic heterocycles. The lowest BCUT2D eigenvalue weighted by Gasteiger charge is -2.08. The van der Waals surface area contributed by atoms with E-state index in [-0.39, 0.29) is 5.75 Å². The molecule has 0 amide bonds. The molecule has 0 atom stereocenters. The summed E-state index contributed by atoms with van der Waals surface area (Å²) in [7, 11) is 1.43. The van der Waals surface area contributed by atoms with E-state index < -0.39 is 5.82 Å². The van der Waals surface area contributed by atoms with Crippen LogP contribution in [0.1, 0.15) is 0 Å². The Morgan fingerprint density at radius 1 is 1.19 bits per heavy atom. The summed E-state index contributed by atoms with van der Waals surface area (Å²) in [5.41, 5.74) is 6.66. The number of anilines is 1. The van der Waals surface area contributed by atoms with Gasteiger partial charge in [0.05, 0.1) is 7.11 Å². The first-order valence-corrected chi connectivity index (χ1v) is 4.77. The molecule has 0 fully saturated rings. The van der Waals surface area contributed by atoms with Crippen molar-refractivity contribution >= 4 is 5.82 Å². The van der Waals surface area contributed by atoms with Crippen LogP contribution in [0, 0.1) is 5.82 Å². The minimum atomic E-state index is -0.426. The van der Waals surface area contributed by atoms with Crippen molar-refractivity contribution in [2.24, 2.45) is 0 Å². The molecular weight excluding hydrogens is 207 g/mol. The number of aromatic nitrogens is 1. The predicted octanol–water partition coefficient (Wildman–Crippen LogP) is 2.48. The Morgan fingerprint density at radius 2 is 1.94 bits per heavy atom. The number of halogens is 1. The maximum Gasteiger partial charge on any atom is 0.172 e. The summed E-state index contributed by atoms with van der Waals surface area (Å²) in [4.78, 5) is 3.92. The summed E-state index contributed by atoms with van der Waals surface area (Å²) in [5, 5.41) is 0. The number of benzene rings is 1. The van der Waals surface area contributed by atoms with E-state index in [4.69, 9.17) is 10.5 Å². The first kappa shape index (κ1) is 10.4. The third-order valence-corrected chi connectivity index (χ3v) is 2.31. The Hall–Kier alpha value is -2.10. The van der Waals surface area contributed by atoms with Crippen molar-refractivity contribution in [2.45, 2.75) is 0 Å². The molecule has 0 bridgehead atoms. The summed E-state index contributed by atoms with van der Waals surface area (Å²) in [6.45, 7) is 0. The van der Waals surface area contributed by atoms with Gasteiger partial charge < -0.3 is 10.5 Å². The number of ether oxygens (including phenoxy) is 1. The zero-order chi connectivity index (χ0) is 11.5. The van der Waals surface area contributed by atoms with Crippen LogP contribution in [0.4, 0.5) is 10.2 Å². The van der Waals surface area contributed by atoms with E-state index in [1.165, 1.54) is 7.11 Å². The molecule has 1 aromatic carbocycles. The summed E-state index contributed by atoms with van der Waals surface area (Å²) in [6, 6.07) is 8.35. The lowest BCUT2D eigenvalue weighted by molar-refractivity contribution is 0.387. The largest absolute Gasteiger partial charge is 0.494 e. The smallest absolute Gasteiger partial charge is 0.172 e. The fourth-order valence-electron chi connectivity index (χ4n) is 1.52. The zero-order valence-electron chi connectivity index (χ0n) is 8.77. The number of rotatable bonds is 2. The van der Waals surface area contributed by atoms with Crippen LogP contribution in [0.15, 0.2) is 36.5 Å². The van der Waals surface area contributed by atoms with Crippen LogP contribution in [-0.2, 0) is 0 Å². The molecule has 3 nitrogen and oxygen atoms in total. The highest BCUT2D eigenvalue weighted by Crippen LogP contribution is 2.31. The molecular formula is C12H11FN2O. The highest BCUT2D eigenvalue weighted by atomic mass is 19.1. The van der Waals surface area contributed by atoms with Crippen molar-refractivity contribution in [3.63, 3.8) is 0 Å². The number of nitrogens with zero attached hydrogens (tertiary/aromatic N) is 1. The first-order valence-electron chi connectivity index (χ1n) is 4.77. The third-order valence-electron chi connectivity index (χ3n) is 2.31. The minimum Gasteiger partial charge on any atom is -0.494 e. The van der Waals surface area contributed by atoms with Crippen LogP contribution in [0.5, 0.6) is 5.75 Å². The second kappa shape index (κ2) is 4.18. The van der Waals surface area contributed by atoms with E-state index in [9.17, 15) is 4.39 Å². The average molecular weight is 218 g/mol. The number of methoxy groups -OCH3 is 1. The maximum atomic E-state index is 13.9. The molecule has 4 heteroatoms. The SMILES string of the molecule is COc1cccc(-c2cccnc2N)c1F. The zero-order valence-corrected chi connectivity index (χ0v) is 8.77. The van der Waals surface area contributed by atoms with Crippen LogP contribution < -0.4 is 10.5 Å². The number of hydrogen-bond donors (Lipinski definition) is 1. The first-order chi connectivity index (χ1) is 7.74. The minimum absolute atomic E-state index is 0.195. The van der Waals surface area contributed by atoms with Crippen LogP contribution in [0.3, 0.4) is 0 Å². The van der Waals surface area contributed by atoms with Gasteiger partial charge in [-0.25, -0.2) is 9.37 Å². The molecule has 0 aliphatic carbocycles. The Bertz CT molecular complexity index is 514. The fraction of sp³-hybridized carbons (Fsp3) is 0.0833. The van der Waals surface area contributed by atoms with E-state index in [0.29, 0.717) is 16.9 Å². The van der Waals surface area contributed by atoms with Gasteiger partial charge in [0, 0.05) is 17.3 Å². The number of nitrogen functional groups attached to an aromatic ring is 1. The fourth-order valence-corrected chi connectivity index (χ4v) is 1.52. The molecule has 0 spiro atoms. The molecule has 2 N–H and O–H groups in total. The Kier molecular flexibility index (Phi) is 2.72. The molecule has 0 radical (unpaired) electrons. The van der Waals surface area contributed by atoms with Gasteiger partial charge >= 0.3 is 0 Å². The number of hydrogen-bond acceptors (Lipinski definition) is 3. The van der Waals surface area contributed by atoms with E-state index in [2.05, 4.69) is 4.98 Å². The van der Waals surface area contributed by atoms with E-state index >= 15 is 0 Å². The highest BCUT2D eigenvalue weighted by Gasteiger charge is 2.12. The van der Waals surface area contributed by atoms with Crippen molar-refractivity contribution < 1.29 is 9.13 Å². The lowest BCUT2D eigenvalue weighted by Crippen LogP contribution is -1.96. The second-order valence-corrected chi connectivity index (χ2v) is 3.26. The van der Waals surface area contributed by atoms with Crippen LogP contribution in [0.25, 0.3) is 11.1 Å². The summed E-state index contributed by atoms with van der Waals surface area (Å²) < 4.78 is 18.8. The summed E-state index contributed by atoms with van der Waals surface area (Å²) in [5.74, 6) is 0.0695. The quantitative estimate of drug-likeness (QED) is 0.842. The normalized spacial score (nSPS) is 10.1. The molecule has 1 heterocycles. The van der Waals surface area contributed by atoms with Crippen molar-refractivity contribution in [1.29, 1.82) is 0 Å². The van der Waals surface area contributed by atoms with Crippen molar-refractivity contribution in [3.8, 4) is 16.9 Å². The van der Waals surface area contributed by atoms with Crippen molar-refractivity contribution in [1.82, 2.24) is 4.98 Å². The molecule has 0 aliphatic rings. The molecule has 0 saturated carbocycles. The highest BCUT2D eigenvalue weighted by molar-refractivity contribution is 5.74. The number of pyridine rings is 1. The van der Waals surface area contributed by atoms with E-state index in [1.54, 1.807) is 36.5 Å². The van der Waals surface area contributed by atoms with Crippen molar-refractivity contribution in [3.05, 3.63) is 42.3 Å². The van der Waals surface area contributed by atoms with Crippen LogP contribution in [-0.4, -0.2) is 12.1 Å². The Morgan fingerprint density at radius 3 is 2.62 bits per heavy atom. The molecule has 0 unspecified atom stereocenters. The standard InChI is InChI=1S/C12H11FN2O/c1-16-10-6-2-4-8(11(10)13)9-5-3-7-15-12(9)14/h2-7H,1H3,(H2,14,15). The van der Waals surface area contributed by atoms with Crippen molar-refractivity contribution in [2.75, 3.05) is 12.8 Å². The van der Waals surface area contributed by atoms with Gasteiger partial charge in [-0.3, -0.25) is 0 Å². The maximum absolute atomic E-state index is 13.9. The van der Waals surface area contributed by atoms with Gasteiger partial charge in [-0.05, 0) is 18.2 Å². The Labute approximate surface area is 92.7 Å². The van der Waals surface area contributed by atoms with Gasteiger partial charge in [0.15, 0.2) is 11.6 Å². The Balaban J connectivity index is 2.61. The molecule has 0 saturated heterocycles. The van der Waals surface area contributed by atoms with Crippen LogP contribution >= 0.6 is 0 Å². The van der Waals surface area contributed by atoms with Gasteiger partial charge in [-0.2, -0.15) is 0 Å². The van der Waals surface area contributed by atoms with E-state index in [0.717, 1.165) is 0 Å². The van der Waals surface area contributed by atoms with E-state index in [1.807, 2.05) is 0 Å². The number of nitrogens with two attached hydrogens (primary N) is 1. The van der Waals surface area contributed by atoms with Crippen LogP contribution in [0.2, 0.25) is 0 Å².